The standard InChI is InChI=1S/C23H22FN3O5S/c1-27(21-11-31-8-12-5-13(33(2,29)30)3-4-14(12)21)23(28)16-6-15-17-9-32-10-18(17)22(25)26-20(15)7-19(16)24/h3-7,21H,8-11H2,1-2H3,(H2,25,26)/t21-/m1/s1. The molecule has 8 nitrogen and oxygen atoms in total. The van der Waals surface area contributed by atoms with Crippen molar-refractivity contribution < 1.29 is 27.1 Å². The van der Waals surface area contributed by atoms with Crippen LogP contribution in [0, 0.1) is 5.82 Å². The zero-order valence-corrected chi connectivity index (χ0v) is 18.9. The van der Waals surface area contributed by atoms with Crippen molar-refractivity contribution >= 4 is 32.5 Å². The van der Waals surface area contributed by atoms with Gasteiger partial charge in [0.05, 0.1) is 48.4 Å². The average molecular weight is 472 g/mol. The molecule has 0 radical (unpaired) electrons. The molecule has 0 aliphatic carbocycles. The number of nitrogen functional groups attached to an aromatic ring is 1. The molecule has 0 fully saturated rings. The molecule has 1 aromatic heterocycles. The van der Waals surface area contributed by atoms with Crippen LogP contribution in [-0.4, -0.2) is 44.1 Å². The molecule has 172 valence electrons. The second kappa shape index (κ2) is 7.75. The number of halogens is 1. The van der Waals surface area contributed by atoms with Crippen molar-refractivity contribution in [2.75, 3.05) is 25.6 Å². The maximum Gasteiger partial charge on any atom is 0.257 e. The Balaban J connectivity index is 1.53. The number of fused-ring (bicyclic) bond motifs is 4. The van der Waals surface area contributed by atoms with E-state index in [1.165, 1.54) is 23.1 Å². The minimum absolute atomic E-state index is 0.0921. The van der Waals surface area contributed by atoms with Crippen molar-refractivity contribution in [1.82, 2.24) is 9.88 Å². The first-order chi connectivity index (χ1) is 15.6. The second-order valence-electron chi connectivity index (χ2n) is 8.38. The van der Waals surface area contributed by atoms with Crippen LogP contribution in [0.5, 0.6) is 0 Å². The zero-order chi connectivity index (χ0) is 23.5. The second-order valence-corrected chi connectivity index (χ2v) is 10.4. The van der Waals surface area contributed by atoms with Crippen LogP contribution in [-0.2, 0) is 39.1 Å². The van der Waals surface area contributed by atoms with Gasteiger partial charge in [0, 0.05) is 30.3 Å². The van der Waals surface area contributed by atoms with Crippen LogP contribution in [0.1, 0.15) is 38.7 Å². The topological polar surface area (TPSA) is 112 Å². The van der Waals surface area contributed by atoms with Gasteiger partial charge in [-0.25, -0.2) is 17.8 Å². The number of hydrogen-bond donors (Lipinski definition) is 1. The third-order valence-electron chi connectivity index (χ3n) is 6.27. The van der Waals surface area contributed by atoms with Gasteiger partial charge >= 0.3 is 0 Å². The highest BCUT2D eigenvalue weighted by Crippen LogP contribution is 2.35. The molecule has 3 aromatic rings. The van der Waals surface area contributed by atoms with Gasteiger partial charge in [0.1, 0.15) is 11.6 Å². The van der Waals surface area contributed by atoms with Crippen LogP contribution >= 0.6 is 0 Å². The van der Waals surface area contributed by atoms with Crippen molar-refractivity contribution in [3.05, 3.63) is 64.0 Å². The highest BCUT2D eigenvalue weighted by Gasteiger charge is 2.31. The molecule has 0 unspecified atom stereocenters. The first-order valence-electron chi connectivity index (χ1n) is 10.3. The fourth-order valence-electron chi connectivity index (χ4n) is 4.44. The van der Waals surface area contributed by atoms with E-state index in [1.54, 1.807) is 19.2 Å². The highest BCUT2D eigenvalue weighted by molar-refractivity contribution is 7.90. The largest absolute Gasteiger partial charge is 0.383 e. The number of carbonyl (C=O) groups excluding carboxylic acids is 1. The predicted octanol–water partition coefficient (Wildman–Crippen LogP) is 2.73. The number of pyridine rings is 1. The van der Waals surface area contributed by atoms with E-state index in [0.29, 0.717) is 35.5 Å². The van der Waals surface area contributed by atoms with Gasteiger partial charge in [0.2, 0.25) is 0 Å². The van der Waals surface area contributed by atoms with E-state index >= 15 is 4.39 Å². The van der Waals surface area contributed by atoms with E-state index in [0.717, 1.165) is 22.9 Å². The Kier molecular flexibility index (Phi) is 5.11. The molecule has 0 saturated heterocycles. The SMILES string of the molecule is CN(C(=O)c1cc2c3c(c(N)nc2cc1F)COC3)[C@@H]1COCc2cc(S(C)(=O)=O)ccc21. The molecule has 2 N–H and O–H groups in total. The number of carbonyl (C=O) groups is 1. The molecule has 1 atom stereocenters. The maximum absolute atomic E-state index is 15.0. The highest BCUT2D eigenvalue weighted by atomic mass is 32.2. The smallest absolute Gasteiger partial charge is 0.257 e. The summed E-state index contributed by atoms with van der Waals surface area (Å²) in [4.78, 5) is 19.2. The van der Waals surface area contributed by atoms with Gasteiger partial charge in [-0.15, -0.1) is 0 Å². The number of nitrogens with two attached hydrogens (primary N) is 1. The predicted molar refractivity (Wildman–Crippen MR) is 119 cm³/mol. The molecule has 1 amide bonds. The lowest BCUT2D eigenvalue weighted by Gasteiger charge is -2.33. The van der Waals surface area contributed by atoms with Crippen molar-refractivity contribution in [2.24, 2.45) is 0 Å². The number of hydrogen-bond acceptors (Lipinski definition) is 7. The van der Waals surface area contributed by atoms with Crippen molar-refractivity contribution in [1.29, 1.82) is 0 Å². The number of benzene rings is 2. The van der Waals surface area contributed by atoms with Gasteiger partial charge < -0.3 is 20.1 Å². The van der Waals surface area contributed by atoms with Gasteiger partial charge in [-0.3, -0.25) is 4.79 Å². The molecule has 0 spiro atoms. The summed E-state index contributed by atoms with van der Waals surface area (Å²) in [6.45, 7) is 1.10. The van der Waals surface area contributed by atoms with Gasteiger partial charge in [-0.2, -0.15) is 0 Å². The van der Waals surface area contributed by atoms with E-state index in [9.17, 15) is 13.2 Å². The molecule has 2 aliphatic heterocycles. The summed E-state index contributed by atoms with van der Waals surface area (Å²) < 4.78 is 49.9. The van der Waals surface area contributed by atoms with E-state index in [4.69, 9.17) is 15.2 Å². The minimum atomic E-state index is -3.38. The lowest BCUT2D eigenvalue weighted by Crippen LogP contribution is -2.36. The number of amides is 1. The minimum Gasteiger partial charge on any atom is -0.383 e. The Morgan fingerprint density at radius 2 is 1.91 bits per heavy atom. The van der Waals surface area contributed by atoms with Crippen LogP contribution in [0.15, 0.2) is 35.2 Å². The van der Waals surface area contributed by atoms with Gasteiger partial charge in [-0.05, 0) is 34.9 Å². The Hall–Kier alpha value is -3.08. The summed E-state index contributed by atoms with van der Waals surface area (Å²) in [5, 5.41) is 0.632. The molecule has 5 rings (SSSR count). The molecule has 2 aliphatic rings. The Labute approximate surface area is 190 Å². The summed E-state index contributed by atoms with van der Waals surface area (Å²) in [5.41, 5.74) is 9.28. The summed E-state index contributed by atoms with van der Waals surface area (Å²) in [5.74, 6) is -0.919. The number of sulfone groups is 1. The molecule has 2 aromatic carbocycles. The van der Waals surface area contributed by atoms with E-state index in [2.05, 4.69) is 4.98 Å². The number of ether oxygens (including phenoxy) is 2. The zero-order valence-electron chi connectivity index (χ0n) is 18.1. The molecule has 0 bridgehead atoms. The number of likely N-dealkylation sites (N-methyl/N-ethyl adjacent to an activating group) is 1. The summed E-state index contributed by atoms with van der Waals surface area (Å²) in [7, 11) is -1.80. The monoisotopic (exact) mass is 471 g/mol. The molecule has 10 heteroatoms. The van der Waals surface area contributed by atoms with Crippen LogP contribution in [0.4, 0.5) is 10.2 Å². The third kappa shape index (κ3) is 3.64. The van der Waals surface area contributed by atoms with Gasteiger partial charge in [0.15, 0.2) is 9.84 Å². The number of aromatic nitrogens is 1. The van der Waals surface area contributed by atoms with E-state index < -0.39 is 27.6 Å². The third-order valence-corrected chi connectivity index (χ3v) is 7.38. The molecular weight excluding hydrogens is 449 g/mol. The van der Waals surface area contributed by atoms with Gasteiger partial charge in [-0.1, -0.05) is 6.07 Å². The quantitative estimate of drug-likeness (QED) is 0.625. The summed E-state index contributed by atoms with van der Waals surface area (Å²) in [6.07, 6.45) is 1.14. The Morgan fingerprint density at radius 1 is 1.15 bits per heavy atom. The molecule has 0 saturated carbocycles. The van der Waals surface area contributed by atoms with E-state index in [-0.39, 0.29) is 23.7 Å². The van der Waals surface area contributed by atoms with Crippen molar-refractivity contribution in [2.45, 2.75) is 30.8 Å². The van der Waals surface area contributed by atoms with Crippen LogP contribution < -0.4 is 5.73 Å². The van der Waals surface area contributed by atoms with Gasteiger partial charge in [0.25, 0.3) is 5.91 Å². The molecule has 3 heterocycles. The fraction of sp³-hybridized carbons (Fsp3) is 0.304. The van der Waals surface area contributed by atoms with E-state index in [1.807, 2.05) is 0 Å². The lowest BCUT2D eigenvalue weighted by atomic mass is 9.97. The van der Waals surface area contributed by atoms with Crippen LogP contribution in [0.2, 0.25) is 0 Å². The number of rotatable bonds is 3. The first kappa shape index (κ1) is 21.7. The lowest BCUT2D eigenvalue weighted by molar-refractivity contribution is 0.0342. The van der Waals surface area contributed by atoms with Crippen LogP contribution in [0.25, 0.3) is 10.9 Å². The normalized spacial score (nSPS) is 17.6. The van der Waals surface area contributed by atoms with Crippen molar-refractivity contribution in [3.63, 3.8) is 0 Å². The Morgan fingerprint density at radius 3 is 2.67 bits per heavy atom. The average Bonchev–Trinajstić information content (AvgIpc) is 3.27. The molecule has 33 heavy (non-hydrogen) atoms. The van der Waals surface area contributed by atoms with Crippen molar-refractivity contribution in [3.8, 4) is 0 Å². The fourth-order valence-corrected chi connectivity index (χ4v) is 5.11. The maximum atomic E-state index is 15.0. The summed E-state index contributed by atoms with van der Waals surface area (Å²) >= 11 is 0. The first-order valence-corrected chi connectivity index (χ1v) is 12.2. The number of anilines is 1. The molecular formula is C23H22FN3O5S. The summed E-state index contributed by atoms with van der Waals surface area (Å²) in [6, 6.07) is 6.99. The van der Waals surface area contributed by atoms with Crippen LogP contribution in [0.3, 0.4) is 0 Å². The number of nitrogens with zero attached hydrogens (tertiary/aromatic N) is 2. The Bertz CT molecular complexity index is 1420.